The molecule has 0 saturated heterocycles. The van der Waals surface area contributed by atoms with Gasteiger partial charge in [-0.25, -0.2) is 0 Å². The van der Waals surface area contributed by atoms with Gasteiger partial charge in [-0.05, 0) is 27.7 Å². The Hall–Kier alpha value is -1.12. The van der Waals surface area contributed by atoms with E-state index in [-0.39, 0.29) is 11.8 Å². The van der Waals surface area contributed by atoms with Crippen molar-refractivity contribution in [1.29, 1.82) is 0 Å². The van der Waals surface area contributed by atoms with Gasteiger partial charge in [0, 0.05) is 18.0 Å². The Bertz CT molecular complexity index is 248. The topological polar surface area (TPSA) is 37.4 Å². The van der Waals surface area contributed by atoms with Crippen LogP contribution in [0.5, 0.6) is 0 Å². The Morgan fingerprint density at radius 2 is 1.54 bits per heavy atom. The van der Waals surface area contributed by atoms with Crippen LogP contribution in [0.2, 0.25) is 0 Å². The third kappa shape index (κ3) is 3.01. The van der Waals surface area contributed by atoms with Gasteiger partial charge in [-0.1, -0.05) is 6.58 Å². The van der Waals surface area contributed by atoms with Crippen LogP contribution in [0, 0.1) is 0 Å². The third-order valence-electron chi connectivity index (χ3n) is 1.55. The van der Waals surface area contributed by atoms with Gasteiger partial charge in [-0.3, -0.25) is 14.5 Å². The van der Waals surface area contributed by atoms with Crippen molar-refractivity contribution in [3.05, 3.63) is 12.2 Å². The summed E-state index contributed by atoms with van der Waals surface area (Å²) in [5.41, 5.74) is -0.105. The van der Waals surface area contributed by atoms with E-state index in [4.69, 9.17) is 0 Å². The number of carbonyl (C=O) groups excluding carboxylic acids is 2. The first-order valence-corrected chi connectivity index (χ1v) is 4.18. The van der Waals surface area contributed by atoms with E-state index in [2.05, 4.69) is 6.58 Å². The molecule has 74 valence electrons. The molecule has 3 heteroatoms. The lowest BCUT2D eigenvalue weighted by Gasteiger charge is -2.32. The zero-order chi connectivity index (χ0) is 10.8. The average molecular weight is 183 g/mol. The van der Waals surface area contributed by atoms with Gasteiger partial charge < -0.3 is 0 Å². The molecule has 0 spiro atoms. The van der Waals surface area contributed by atoms with Crippen molar-refractivity contribution in [3.63, 3.8) is 0 Å². The largest absolute Gasteiger partial charge is 0.275 e. The van der Waals surface area contributed by atoms with Crippen molar-refractivity contribution >= 4 is 11.8 Å². The van der Waals surface area contributed by atoms with E-state index in [0.717, 1.165) is 0 Å². The fourth-order valence-electron chi connectivity index (χ4n) is 1.11. The molecule has 0 unspecified atom stereocenters. The van der Waals surface area contributed by atoms with E-state index in [1.807, 2.05) is 20.8 Å². The van der Waals surface area contributed by atoms with Gasteiger partial charge in [0.1, 0.15) is 0 Å². The molecule has 0 aliphatic carbocycles. The first kappa shape index (κ1) is 11.9. The lowest BCUT2D eigenvalue weighted by atomic mass is 10.0. The van der Waals surface area contributed by atoms with Crippen LogP contribution in [0.4, 0.5) is 0 Å². The van der Waals surface area contributed by atoms with Crippen LogP contribution in [0.15, 0.2) is 12.2 Å². The fraction of sp³-hybridized carbons (Fsp3) is 0.600. The summed E-state index contributed by atoms with van der Waals surface area (Å²) in [6, 6.07) is 0. The molecule has 0 aliphatic rings. The smallest absolute Gasteiger partial charge is 0.255 e. The third-order valence-corrected chi connectivity index (χ3v) is 1.55. The summed E-state index contributed by atoms with van der Waals surface area (Å²) in [5, 5.41) is 0. The number of amides is 2. The van der Waals surface area contributed by atoms with Crippen LogP contribution in [0.25, 0.3) is 0 Å². The molecule has 0 heterocycles. The van der Waals surface area contributed by atoms with Gasteiger partial charge in [-0.2, -0.15) is 0 Å². The Morgan fingerprint density at radius 3 is 1.62 bits per heavy atom. The summed E-state index contributed by atoms with van der Waals surface area (Å²) in [7, 11) is 0. The highest BCUT2D eigenvalue weighted by atomic mass is 16.2. The molecule has 0 aromatic rings. The maximum Gasteiger partial charge on any atom is 0.255 e. The maximum absolute atomic E-state index is 11.5. The Kier molecular flexibility index (Phi) is 3.41. The molecule has 0 radical (unpaired) electrons. The second kappa shape index (κ2) is 3.73. The van der Waals surface area contributed by atoms with Crippen LogP contribution in [0.1, 0.15) is 34.6 Å². The number of hydrogen-bond donors (Lipinski definition) is 0. The summed E-state index contributed by atoms with van der Waals surface area (Å²) >= 11 is 0. The molecule has 3 nitrogen and oxygen atoms in total. The van der Waals surface area contributed by atoms with Crippen LogP contribution in [-0.4, -0.2) is 22.3 Å². The Balaban J connectivity index is 4.95. The number of imide groups is 1. The summed E-state index contributed by atoms with van der Waals surface area (Å²) < 4.78 is 0. The molecular formula is C10H17NO2. The molecule has 13 heavy (non-hydrogen) atoms. The van der Waals surface area contributed by atoms with Crippen molar-refractivity contribution in [2.75, 3.05) is 0 Å². The van der Waals surface area contributed by atoms with Crippen molar-refractivity contribution < 1.29 is 9.59 Å². The fourth-order valence-corrected chi connectivity index (χ4v) is 1.11. The molecule has 0 aliphatic heterocycles. The molecule has 0 bridgehead atoms. The summed E-state index contributed by atoms with van der Waals surface area (Å²) in [6.07, 6.45) is 0. The highest BCUT2D eigenvalue weighted by molar-refractivity contribution is 6.03. The average Bonchev–Trinajstić information content (AvgIpc) is 1.82. The molecular weight excluding hydrogens is 166 g/mol. The number of hydrogen-bond acceptors (Lipinski definition) is 2. The highest BCUT2D eigenvalue weighted by Crippen LogP contribution is 2.15. The summed E-state index contributed by atoms with van der Waals surface area (Å²) in [4.78, 5) is 24.0. The number of carbonyl (C=O) groups is 2. The SMILES string of the molecule is C=C(C)C(=O)N(C(C)=O)C(C)(C)C. The standard InChI is InChI=1S/C10H17NO2/c1-7(2)9(13)11(8(3)12)10(4,5)6/h1H2,2-6H3. The van der Waals surface area contributed by atoms with Gasteiger partial charge in [-0.15, -0.1) is 0 Å². The van der Waals surface area contributed by atoms with Gasteiger partial charge in [0.15, 0.2) is 0 Å². The van der Waals surface area contributed by atoms with E-state index < -0.39 is 5.54 Å². The lowest BCUT2D eigenvalue weighted by Crippen LogP contribution is -2.48. The second-order valence-corrected chi connectivity index (χ2v) is 4.11. The van der Waals surface area contributed by atoms with Crippen LogP contribution >= 0.6 is 0 Å². The Labute approximate surface area is 79.4 Å². The molecule has 0 saturated carbocycles. The minimum absolute atomic E-state index is 0.250. The quantitative estimate of drug-likeness (QED) is 0.581. The van der Waals surface area contributed by atoms with Crippen molar-refractivity contribution in [1.82, 2.24) is 4.90 Å². The molecule has 0 fully saturated rings. The van der Waals surface area contributed by atoms with Crippen LogP contribution in [0.3, 0.4) is 0 Å². The van der Waals surface area contributed by atoms with E-state index in [1.54, 1.807) is 6.92 Å². The molecule has 0 aromatic carbocycles. The second-order valence-electron chi connectivity index (χ2n) is 4.11. The van der Waals surface area contributed by atoms with E-state index in [0.29, 0.717) is 5.57 Å². The monoisotopic (exact) mass is 183 g/mol. The van der Waals surface area contributed by atoms with E-state index in [9.17, 15) is 9.59 Å². The maximum atomic E-state index is 11.5. The first-order chi connectivity index (χ1) is 5.68. The van der Waals surface area contributed by atoms with Gasteiger partial charge in [0.05, 0.1) is 0 Å². The van der Waals surface area contributed by atoms with E-state index in [1.165, 1.54) is 11.8 Å². The van der Waals surface area contributed by atoms with Crippen molar-refractivity contribution in [2.24, 2.45) is 0 Å². The molecule has 0 N–H and O–H groups in total. The van der Waals surface area contributed by atoms with Gasteiger partial charge in [0.2, 0.25) is 5.91 Å². The molecule has 0 atom stereocenters. The first-order valence-electron chi connectivity index (χ1n) is 4.18. The molecule has 2 amide bonds. The summed E-state index contributed by atoms with van der Waals surface area (Å²) in [6.45, 7) is 12.0. The molecule has 0 rings (SSSR count). The van der Waals surface area contributed by atoms with Crippen molar-refractivity contribution in [3.8, 4) is 0 Å². The lowest BCUT2D eigenvalue weighted by molar-refractivity contribution is -0.146. The van der Waals surface area contributed by atoms with Gasteiger partial charge in [0.25, 0.3) is 5.91 Å². The number of rotatable bonds is 1. The van der Waals surface area contributed by atoms with Gasteiger partial charge >= 0.3 is 0 Å². The normalized spacial score (nSPS) is 10.8. The Morgan fingerprint density at radius 1 is 1.15 bits per heavy atom. The molecule has 0 aromatic heterocycles. The minimum atomic E-state index is -0.484. The minimum Gasteiger partial charge on any atom is -0.275 e. The zero-order valence-corrected chi connectivity index (χ0v) is 8.97. The van der Waals surface area contributed by atoms with Crippen LogP contribution < -0.4 is 0 Å². The highest BCUT2D eigenvalue weighted by Gasteiger charge is 2.29. The van der Waals surface area contributed by atoms with Crippen molar-refractivity contribution in [2.45, 2.75) is 40.2 Å². The van der Waals surface area contributed by atoms with Crippen LogP contribution in [-0.2, 0) is 9.59 Å². The predicted octanol–water partition coefficient (Wildman–Crippen LogP) is 1.74. The number of nitrogens with zero attached hydrogens (tertiary/aromatic N) is 1. The van der Waals surface area contributed by atoms with E-state index >= 15 is 0 Å². The zero-order valence-electron chi connectivity index (χ0n) is 8.97. The summed E-state index contributed by atoms with van der Waals surface area (Å²) in [5.74, 6) is -0.555. The predicted molar refractivity (Wildman–Crippen MR) is 52.1 cm³/mol.